The molecule has 0 saturated carbocycles. The number of aromatic nitrogens is 4. The SMILES string of the molecule is COc1ccc(Nc2cnnc(NCc3ccccn3)n2)cc1OC. The number of nitrogens with zero attached hydrogens (tertiary/aromatic N) is 4. The zero-order valence-corrected chi connectivity index (χ0v) is 13.9. The minimum Gasteiger partial charge on any atom is -0.493 e. The Bertz CT molecular complexity index is 828. The summed E-state index contributed by atoms with van der Waals surface area (Å²) in [7, 11) is 3.19. The molecule has 0 saturated heterocycles. The smallest absolute Gasteiger partial charge is 0.245 e. The molecule has 0 atom stereocenters. The number of pyridine rings is 1. The van der Waals surface area contributed by atoms with Gasteiger partial charge in [-0.15, -0.1) is 5.10 Å². The van der Waals surface area contributed by atoms with Gasteiger partial charge in [0.2, 0.25) is 5.95 Å². The van der Waals surface area contributed by atoms with Gasteiger partial charge in [0.1, 0.15) is 0 Å². The average Bonchev–Trinajstić information content (AvgIpc) is 2.67. The van der Waals surface area contributed by atoms with Gasteiger partial charge in [-0.1, -0.05) is 6.07 Å². The molecule has 0 radical (unpaired) electrons. The van der Waals surface area contributed by atoms with E-state index in [9.17, 15) is 0 Å². The van der Waals surface area contributed by atoms with Crippen LogP contribution < -0.4 is 20.1 Å². The van der Waals surface area contributed by atoms with Crippen LogP contribution in [-0.2, 0) is 6.54 Å². The largest absolute Gasteiger partial charge is 0.493 e. The summed E-state index contributed by atoms with van der Waals surface area (Å²) in [6.45, 7) is 0.516. The zero-order valence-electron chi connectivity index (χ0n) is 13.9. The molecule has 0 aliphatic rings. The highest BCUT2D eigenvalue weighted by molar-refractivity contribution is 5.61. The molecule has 0 aliphatic heterocycles. The summed E-state index contributed by atoms with van der Waals surface area (Å²) in [5, 5.41) is 14.2. The van der Waals surface area contributed by atoms with Crippen LogP contribution >= 0.6 is 0 Å². The molecule has 2 aromatic heterocycles. The lowest BCUT2D eigenvalue weighted by atomic mass is 10.2. The van der Waals surface area contributed by atoms with E-state index < -0.39 is 0 Å². The van der Waals surface area contributed by atoms with Crippen molar-refractivity contribution in [2.45, 2.75) is 6.54 Å². The van der Waals surface area contributed by atoms with E-state index in [4.69, 9.17) is 9.47 Å². The minimum absolute atomic E-state index is 0.413. The van der Waals surface area contributed by atoms with Crippen molar-refractivity contribution >= 4 is 17.5 Å². The van der Waals surface area contributed by atoms with Crippen molar-refractivity contribution in [3.05, 3.63) is 54.5 Å². The number of hydrogen-bond donors (Lipinski definition) is 2. The average molecular weight is 338 g/mol. The fourth-order valence-electron chi connectivity index (χ4n) is 2.17. The third kappa shape index (κ3) is 4.31. The topological polar surface area (TPSA) is 94.1 Å². The predicted octanol–water partition coefficient (Wildman–Crippen LogP) is 2.64. The van der Waals surface area contributed by atoms with Crippen LogP contribution in [0.3, 0.4) is 0 Å². The third-order valence-electron chi connectivity index (χ3n) is 3.37. The standard InChI is InChI=1S/C17H18N6O2/c1-24-14-7-6-12(9-15(14)25-2)21-16-11-20-23-17(22-16)19-10-13-5-3-4-8-18-13/h3-9,11H,10H2,1-2H3,(H2,19,21,22,23). The number of anilines is 3. The second-order valence-corrected chi connectivity index (χ2v) is 5.03. The maximum absolute atomic E-state index is 5.29. The van der Waals surface area contributed by atoms with Crippen LogP contribution in [-0.4, -0.2) is 34.4 Å². The Labute approximate surface area is 145 Å². The van der Waals surface area contributed by atoms with Crippen LogP contribution in [0.5, 0.6) is 11.5 Å². The molecule has 8 nitrogen and oxygen atoms in total. The van der Waals surface area contributed by atoms with Crippen LogP contribution in [0.25, 0.3) is 0 Å². The van der Waals surface area contributed by atoms with Gasteiger partial charge in [-0.3, -0.25) is 4.98 Å². The summed E-state index contributed by atoms with van der Waals surface area (Å²) in [5.74, 6) is 2.26. The molecule has 0 spiro atoms. The van der Waals surface area contributed by atoms with Crippen molar-refractivity contribution in [3.63, 3.8) is 0 Å². The van der Waals surface area contributed by atoms with Crippen molar-refractivity contribution in [2.24, 2.45) is 0 Å². The van der Waals surface area contributed by atoms with Crippen LogP contribution in [0, 0.1) is 0 Å². The van der Waals surface area contributed by atoms with Gasteiger partial charge in [0.05, 0.1) is 32.7 Å². The summed E-state index contributed by atoms with van der Waals surface area (Å²) >= 11 is 0. The van der Waals surface area contributed by atoms with E-state index in [-0.39, 0.29) is 0 Å². The van der Waals surface area contributed by atoms with Crippen LogP contribution in [0.1, 0.15) is 5.69 Å². The second-order valence-electron chi connectivity index (χ2n) is 5.03. The van der Waals surface area contributed by atoms with Gasteiger partial charge in [0, 0.05) is 18.0 Å². The molecule has 0 bridgehead atoms. The number of hydrogen-bond acceptors (Lipinski definition) is 8. The fraction of sp³-hybridized carbons (Fsp3) is 0.176. The maximum Gasteiger partial charge on any atom is 0.245 e. The molecule has 3 rings (SSSR count). The first kappa shape index (κ1) is 16.4. The molecule has 0 unspecified atom stereocenters. The van der Waals surface area contributed by atoms with Gasteiger partial charge >= 0.3 is 0 Å². The molecule has 0 fully saturated rings. The number of ether oxygens (including phenoxy) is 2. The zero-order chi connectivity index (χ0) is 17.5. The van der Waals surface area contributed by atoms with E-state index in [0.29, 0.717) is 29.8 Å². The highest BCUT2D eigenvalue weighted by Gasteiger charge is 2.06. The Morgan fingerprint density at radius 2 is 1.92 bits per heavy atom. The van der Waals surface area contributed by atoms with Gasteiger partial charge < -0.3 is 20.1 Å². The molecule has 2 N–H and O–H groups in total. The molecular formula is C17H18N6O2. The Morgan fingerprint density at radius 3 is 2.68 bits per heavy atom. The van der Waals surface area contributed by atoms with Gasteiger partial charge in [0.15, 0.2) is 17.3 Å². The fourth-order valence-corrected chi connectivity index (χ4v) is 2.17. The first-order valence-electron chi connectivity index (χ1n) is 7.61. The Morgan fingerprint density at radius 1 is 1.04 bits per heavy atom. The van der Waals surface area contributed by atoms with Crippen molar-refractivity contribution in [1.29, 1.82) is 0 Å². The number of nitrogens with one attached hydrogen (secondary N) is 2. The summed E-state index contributed by atoms with van der Waals surface area (Å²) < 4.78 is 10.5. The molecule has 1 aromatic carbocycles. The first-order chi connectivity index (χ1) is 12.3. The van der Waals surface area contributed by atoms with Crippen molar-refractivity contribution in [2.75, 3.05) is 24.9 Å². The number of rotatable bonds is 7. The molecule has 8 heteroatoms. The van der Waals surface area contributed by atoms with Gasteiger partial charge in [-0.2, -0.15) is 10.1 Å². The van der Waals surface area contributed by atoms with E-state index in [0.717, 1.165) is 11.4 Å². The summed E-state index contributed by atoms with van der Waals surface area (Å²) in [5.41, 5.74) is 1.69. The quantitative estimate of drug-likeness (QED) is 0.679. The molecule has 0 amide bonds. The van der Waals surface area contributed by atoms with E-state index in [1.54, 1.807) is 26.6 Å². The Kier molecular flexibility index (Phi) is 5.20. The van der Waals surface area contributed by atoms with Gasteiger partial charge in [-0.05, 0) is 24.3 Å². The molecule has 128 valence electrons. The summed E-state index contributed by atoms with van der Waals surface area (Å²) in [6, 6.07) is 11.2. The highest BCUT2D eigenvalue weighted by atomic mass is 16.5. The van der Waals surface area contributed by atoms with Crippen LogP contribution in [0.15, 0.2) is 48.8 Å². The van der Waals surface area contributed by atoms with Gasteiger partial charge in [-0.25, -0.2) is 0 Å². The highest BCUT2D eigenvalue weighted by Crippen LogP contribution is 2.30. The molecule has 0 aliphatic carbocycles. The Hall–Kier alpha value is -3.42. The van der Waals surface area contributed by atoms with Gasteiger partial charge in [0.25, 0.3) is 0 Å². The minimum atomic E-state index is 0.413. The van der Waals surface area contributed by atoms with E-state index in [1.807, 2.05) is 36.4 Å². The van der Waals surface area contributed by atoms with Crippen molar-refractivity contribution < 1.29 is 9.47 Å². The molecule has 2 heterocycles. The van der Waals surface area contributed by atoms with Crippen molar-refractivity contribution in [3.8, 4) is 11.5 Å². The lowest BCUT2D eigenvalue weighted by molar-refractivity contribution is 0.355. The lowest BCUT2D eigenvalue weighted by Gasteiger charge is -2.11. The third-order valence-corrected chi connectivity index (χ3v) is 3.37. The number of methoxy groups -OCH3 is 2. The van der Waals surface area contributed by atoms with Crippen molar-refractivity contribution in [1.82, 2.24) is 20.2 Å². The summed E-state index contributed by atoms with van der Waals surface area (Å²) in [6.07, 6.45) is 3.29. The second kappa shape index (κ2) is 7.91. The summed E-state index contributed by atoms with van der Waals surface area (Å²) in [4.78, 5) is 8.63. The predicted molar refractivity (Wildman–Crippen MR) is 94.2 cm³/mol. The number of benzene rings is 1. The van der Waals surface area contributed by atoms with E-state index >= 15 is 0 Å². The molecule has 25 heavy (non-hydrogen) atoms. The first-order valence-corrected chi connectivity index (χ1v) is 7.61. The van der Waals surface area contributed by atoms with Crippen LogP contribution in [0.4, 0.5) is 17.5 Å². The van der Waals surface area contributed by atoms with Crippen LogP contribution in [0.2, 0.25) is 0 Å². The molecular weight excluding hydrogens is 320 g/mol. The monoisotopic (exact) mass is 338 g/mol. The Balaban J connectivity index is 1.69. The molecule has 3 aromatic rings. The van der Waals surface area contributed by atoms with E-state index in [1.165, 1.54) is 0 Å². The lowest BCUT2D eigenvalue weighted by Crippen LogP contribution is -2.07. The maximum atomic E-state index is 5.29. The van der Waals surface area contributed by atoms with E-state index in [2.05, 4.69) is 30.8 Å². The normalized spacial score (nSPS) is 10.2.